The van der Waals surface area contributed by atoms with E-state index in [9.17, 15) is 0 Å². The van der Waals surface area contributed by atoms with E-state index in [4.69, 9.17) is 0 Å². The molecule has 0 spiro atoms. The molecule has 0 aromatic heterocycles. The first-order valence-corrected chi connectivity index (χ1v) is 16.7. The molecule has 0 bridgehead atoms. The lowest BCUT2D eigenvalue weighted by Gasteiger charge is -2.27. The molecule has 0 fully saturated rings. The first kappa shape index (κ1) is 29.5. The zero-order valence-corrected chi connectivity index (χ0v) is 27.3. The summed E-state index contributed by atoms with van der Waals surface area (Å²) in [6.07, 6.45) is 0. The number of benzene rings is 8. The summed E-state index contributed by atoms with van der Waals surface area (Å²) in [7, 11) is 4.28. The summed E-state index contributed by atoms with van der Waals surface area (Å²) in [5.41, 5.74) is 9.86. The molecule has 2 heteroatoms. The highest BCUT2D eigenvalue weighted by atomic mass is 15.1. The molecule has 0 aliphatic carbocycles. The Morgan fingerprint density at radius 3 is 1.42 bits per heavy atom. The van der Waals surface area contributed by atoms with Gasteiger partial charge in [-0.25, -0.2) is 0 Å². The van der Waals surface area contributed by atoms with E-state index in [0.29, 0.717) is 0 Å². The molecule has 0 unspecified atom stereocenters. The molecule has 0 aliphatic heterocycles. The Morgan fingerprint density at radius 1 is 0.396 bits per heavy atom. The highest BCUT2D eigenvalue weighted by molar-refractivity contribution is 7.01. The van der Waals surface area contributed by atoms with Crippen molar-refractivity contribution in [1.29, 1.82) is 0 Å². The van der Waals surface area contributed by atoms with Crippen LogP contribution in [0.4, 0.5) is 5.69 Å². The monoisotopic (exact) mass is 613 g/mol. The van der Waals surface area contributed by atoms with Crippen LogP contribution < -0.4 is 15.8 Å². The van der Waals surface area contributed by atoms with Crippen molar-refractivity contribution in [2.24, 2.45) is 0 Å². The van der Waals surface area contributed by atoms with Crippen molar-refractivity contribution >= 4 is 66.7 Å². The van der Waals surface area contributed by atoms with E-state index in [2.05, 4.69) is 201 Å². The van der Waals surface area contributed by atoms with Crippen molar-refractivity contribution in [3.05, 3.63) is 199 Å². The SMILES string of the molecule is CN(C)c1ccccc1/C(=C(\B(c1ccc2ccccc2c1)c1ccc2ccccc2c1)c1ccc2ccccc2c1)c1ccccc1. The molecule has 228 valence electrons. The number of anilines is 1. The normalized spacial score (nSPS) is 11.9. The zero-order valence-electron chi connectivity index (χ0n) is 27.3. The average Bonchev–Trinajstić information content (AvgIpc) is 3.14. The number of hydrogen-bond acceptors (Lipinski definition) is 1. The molecule has 8 rings (SSSR count). The fourth-order valence-electron chi connectivity index (χ4n) is 7.25. The maximum absolute atomic E-state index is 2.40. The minimum atomic E-state index is -0.0641. The first-order chi connectivity index (χ1) is 23.6. The molecule has 0 amide bonds. The number of fused-ring (bicyclic) bond motifs is 3. The lowest BCUT2D eigenvalue weighted by molar-refractivity contribution is 1.13. The van der Waals surface area contributed by atoms with Crippen molar-refractivity contribution < 1.29 is 0 Å². The van der Waals surface area contributed by atoms with Gasteiger partial charge in [0.05, 0.1) is 0 Å². The van der Waals surface area contributed by atoms with Crippen molar-refractivity contribution in [2.45, 2.75) is 0 Å². The van der Waals surface area contributed by atoms with Gasteiger partial charge < -0.3 is 4.90 Å². The van der Waals surface area contributed by atoms with Crippen molar-refractivity contribution in [2.75, 3.05) is 19.0 Å². The fourth-order valence-corrected chi connectivity index (χ4v) is 7.25. The Hall–Kier alpha value is -5.86. The molecule has 0 aliphatic rings. The molecule has 0 saturated carbocycles. The van der Waals surface area contributed by atoms with E-state index < -0.39 is 0 Å². The largest absolute Gasteiger partial charge is 0.377 e. The second-order valence-electron chi connectivity index (χ2n) is 12.8. The predicted molar refractivity (Wildman–Crippen MR) is 210 cm³/mol. The summed E-state index contributed by atoms with van der Waals surface area (Å²) in [5, 5.41) is 7.45. The van der Waals surface area contributed by atoms with Crippen LogP contribution in [0.3, 0.4) is 0 Å². The van der Waals surface area contributed by atoms with E-state index in [1.807, 2.05) is 0 Å². The van der Waals surface area contributed by atoms with Crippen molar-refractivity contribution in [1.82, 2.24) is 0 Å². The van der Waals surface area contributed by atoms with Gasteiger partial charge in [-0.15, -0.1) is 0 Å². The van der Waals surface area contributed by atoms with Gasteiger partial charge in [0.2, 0.25) is 6.71 Å². The third-order valence-corrected chi connectivity index (χ3v) is 9.55. The Kier molecular flexibility index (Phi) is 7.84. The minimum absolute atomic E-state index is 0.0641. The van der Waals surface area contributed by atoms with E-state index in [-0.39, 0.29) is 6.71 Å². The Labute approximate surface area is 283 Å². The second kappa shape index (κ2) is 12.7. The van der Waals surface area contributed by atoms with Gasteiger partial charge >= 0.3 is 0 Å². The molecule has 0 radical (unpaired) electrons. The smallest absolute Gasteiger partial charge is 0.242 e. The van der Waals surface area contributed by atoms with Crippen LogP contribution in [-0.4, -0.2) is 20.8 Å². The summed E-state index contributed by atoms with van der Waals surface area (Å²) in [5.74, 6) is 0. The third kappa shape index (κ3) is 5.56. The highest BCUT2D eigenvalue weighted by Gasteiger charge is 2.31. The van der Waals surface area contributed by atoms with Gasteiger partial charge in [0.15, 0.2) is 0 Å². The summed E-state index contributed by atoms with van der Waals surface area (Å²) in [4.78, 5) is 2.23. The average molecular weight is 614 g/mol. The molecule has 8 aromatic rings. The van der Waals surface area contributed by atoms with E-state index in [1.54, 1.807) is 0 Å². The number of hydrogen-bond donors (Lipinski definition) is 0. The predicted octanol–water partition coefficient (Wildman–Crippen LogP) is 10.0. The molecule has 0 atom stereocenters. The van der Waals surface area contributed by atoms with Crippen molar-refractivity contribution in [3.63, 3.8) is 0 Å². The van der Waals surface area contributed by atoms with Gasteiger partial charge in [-0.1, -0.05) is 186 Å². The molecule has 48 heavy (non-hydrogen) atoms. The van der Waals surface area contributed by atoms with Gasteiger partial charge in [-0.3, -0.25) is 0 Å². The lowest BCUT2D eigenvalue weighted by Crippen LogP contribution is -2.44. The van der Waals surface area contributed by atoms with Gasteiger partial charge in [0.25, 0.3) is 0 Å². The minimum Gasteiger partial charge on any atom is -0.377 e. The van der Waals surface area contributed by atoms with Gasteiger partial charge in [0.1, 0.15) is 0 Å². The molecular formula is C46H36BN. The maximum Gasteiger partial charge on any atom is 0.242 e. The van der Waals surface area contributed by atoms with Crippen LogP contribution in [0, 0.1) is 0 Å². The van der Waals surface area contributed by atoms with E-state index in [1.165, 1.54) is 76.7 Å². The van der Waals surface area contributed by atoms with Crippen LogP contribution in [0.1, 0.15) is 16.7 Å². The van der Waals surface area contributed by atoms with E-state index in [0.717, 1.165) is 0 Å². The molecule has 0 heterocycles. The van der Waals surface area contributed by atoms with Crippen LogP contribution in [0.2, 0.25) is 0 Å². The molecule has 8 aromatic carbocycles. The van der Waals surface area contributed by atoms with Crippen molar-refractivity contribution in [3.8, 4) is 0 Å². The summed E-state index contributed by atoms with van der Waals surface area (Å²) >= 11 is 0. The number of nitrogens with zero attached hydrogens (tertiary/aromatic N) is 1. The Balaban J connectivity index is 1.55. The second-order valence-corrected chi connectivity index (χ2v) is 12.8. The van der Waals surface area contributed by atoms with Crippen LogP contribution in [-0.2, 0) is 0 Å². The van der Waals surface area contributed by atoms with Gasteiger partial charge in [0, 0.05) is 25.3 Å². The summed E-state index contributed by atoms with van der Waals surface area (Å²) < 4.78 is 0. The van der Waals surface area contributed by atoms with Crippen LogP contribution in [0.15, 0.2) is 182 Å². The molecule has 0 N–H and O–H groups in total. The third-order valence-electron chi connectivity index (χ3n) is 9.55. The van der Waals surface area contributed by atoms with Crippen LogP contribution >= 0.6 is 0 Å². The fraction of sp³-hybridized carbons (Fsp3) is 0.0435. The van der Waals surface area contributed by atoms with Gasteiger partial charge in [-0.2, -0.15) is 0 Å². The topological polar surface area (TPSA) is 3.24 Å². The number of rotatable bonds is 7. The molecule has 0 saturated heterocycles. The maximum atomic E-state index is 2.40. The quantitative estimate of drug-likeness (QED) is 0.128. The summed E-state index contributed by atoms with van der Waals surface area (Å²) in [6.45, 7) is -0.0641. The zero-order chi connectivity index (χ0) is 32.5. The molecular weight excluding hydrogens is 577 g/mol. The van der Waals surface area contributed by atoms with Gasteiger partial charge in [-0.05, 0) is 61.2 Å². The summed E-state index contributed by atoms with van der Waals surface area (Å²) in [6, 6.07) is 66.9. The van der Waals surface area contributed by atoms with Crippen LogP contribution in [0.5, 0.6) is 0 Å². The number of para-hydroxylation sites is 1. The molecule has 1 nitrogen and oxygen atoms in total. The lowest BCUT2D eigenvalue weighted by atomic mass is 9.34. The standard InChI is InChI=1S/C46H36BN/c1-48(2)44-23-13-12-22-43(44)45(36-17-4-3-5-18-36)46(40-25-24-33-14-6-9-19-37(33)30-40)47(41-28-26-34-15-7-10-20-38(34)31-41)42-29-27-35-16-8-11-21-39(35)32-42/h3-32H,1-2H3/b46-45-. The van der Waals surface area contributed by atoms with Crippen LogP contribution in [0.25, 0.3) is 43.4 Å². The van der Waals surface area contributed by atoms with E-state index >= 15 is 0 Å². The highest BCUT2D eigenvalue weighted by Crippen LogP contribution is 2.39. The Morgan fingerprint density at radius 2 is 0.854 bits per heavy atom. The first-order valence-electron chi connectivity index (χ1n) is 16.7. The Bertz CT molecular complexity index is 2360.